The Morgan fingerprint density at radius 2 is 1.56 bits per heavy atom. The number of ether oxygens (including phenoxy) is 1. The molecule has 2 aromatic heterocycles. The fraction of sp³-hybridized carbons (Fsp3) is 0.368. The molecule has 134 valence electrons. The Balaban J connectivity index is 0.000000251. The molecular formula is C19H24N2O4. The SMILES string of the molecule is CC(C)(C(=O)O)c1ccncc1.CCOC(=O)C(C)c1ccncc1. The molecule has 0 aromatic carbocycles. The summed E-state index contributed by atoms with van der Waals surface area (Å²) < 4.78 is 4.90. The number of aliphatic carboxylic acids is 1. The summed E-state index contributed by atoms with van der Waals surface area (Å²) in [6.07, 6.45) is 6.54. The van der Waals surface area contributed by atoms with Crippen LogP contribution in [0.3, 0.4) is 0 Å². The molecule has 0 spiro atoms. The molecule has 0 fully saturated rings. The third-order valence-corrected chi connectivity index (χ3v) is 3.78. The number of nitrogens with zero attached hydrogens (tertiary/aromatic N) is 2. The molecule has 1 N–H and O–H groups in total. The fourth-order valence-electron chi connectivity index (χ4n) is 1.95. The van der Waals surface area contributed by atoms with Crippen molar-refractivity contribution in [1.82, 2.24) is 9.97 Å². The molecule has 6 nitrogen and oxygen atoms in total. The lowest BCUT2D eigenvalue weighted by molar-refractivity contribution is -0.144. The van der Waals surface area contributed by atoms with E-state index in [-0.39, 0.29) is 11.9 Å². The molecule has 0 bridgehead atoms. The predicted octanol–water partition coefficient (Wildman–Crippen LogP) is 3.19. The number of hydrogen-bond acceptors (Lipinski definition) is 5. The highest BCUT2D eigenvalue weighted by molar-refractivity contribution is 5.80. The van der Waals surface area contributed by atoms with Gasteiger partial charge >= 0.3 is 11.9 Å². The van der Waals surface area contributed by atoms with Gasteiger partial charge < -0.3 is 9.84 Å². The zero-order chi connectivity index (χ0) is 18.9. The van der Waals surface area contributed by atoms with E-state index in [1.165, 1.54) is 0 Å². The number of hydrogen-bond donors (Lipinski definition) is 1. The Labute approximate surface area is 147 Å². The maximum Gasteiger partial charge on any atom is 0.313 e. The summed E-state index contributed by atoms with van der Waals surface area (Å²) in [5.74, 6) is -1.22. The molecular weight excluding hydrogens is 320 g/mol. The Kier molecular flexibility index (Phi) is 7.72. The standard InChI is InChI=1S/C10H13NO2.C9H11NO2/c1-3-13-10(12)8(2)9-4-6-11-7-5-9;1-9(2,8(11)12)7-3-5-10-6-4-7/h4-8H,3H2,1-2H3;3-6H,1-2H3,(H,11,12). The van der Waals surface area contributed by atoms with Crippen LogP contribution in [0.2, 0.25) is 0 Å². The van der Waals surface area contributed by atoms with E-state index in [0.29, 0.717) is 6.61 Å². The van der Waals surface area contributed by atoms with Crippen LogP contribution in [-0.2, 0) is 19.7 Å². The Hall–Kier alpha value is -2.76. The van der Waals surface area contributed by atoms with Gasteiger partial charge in [0.15, 0.2) is 0 Å². The van der Waals surface area contributed by atoms with Crippen LogP contribution in [0.4, 0.5) is 0 Å². The van der Waals surface area contributed by atoms with Gasteiger partial charge in [0.1, 0.15) is 0 Å². The van der Waals surface area contributed by atoms with Gasteiger partial charge in [-0.2, -0.15) is 0 Å². The maximum atomic E-state index is 11.3. The van der Waals surface area contributed by atoms with Crippen LogP contribution in [0.15, 0.2) is 49.1 Å². The molecule has 1 unspecified atom stereocenters. The molecule has 0 aliphatic rings. The minimum Gasteiger partial charge on any atom is -0.481 e. The Morgan fingerprint density at radius 3 is 2.00 bits per heavy atom. The van der Waals surface area contributed by atoms with Crippen LogP contribution in [0.5, 0.6) is 0 Å². The fourth-order valence-corrected chi connectivity index (χ4v) is 1.95. The zero-order valence-electron chi connectivity index (χ0n) is 15.0. The number of esters is 1. The highest BCUT2D eigenvalue weighted by Crippen LogP contribution is 2.22. The van der Waals surface area contributed by atoms with Gasteiger partial charge in [-0.3, -0.25) is 19.6 Å². The molecule has 2 aromatic rings. The van der Waals surface area contributed by atoms with Gasteiger partial charge in [-0.1, -0.05) is 0 Å². The maximum absolute atomic E-state index is 11.3. The number of carbonyl (C=O) groups is 2. The van der Waals surface area contributed by atoms with E-state index in [4.69, 9.17) is 9.84 Å². The van der Waals surface area contributed by atoms with Crippen LogP contribution in [0.25, 0.3) is 0 Å². The quantitative estimate of drug-likeness (QED) is 0.838. The summed E-state index contributed by atoms with van der Waals surface area (Å²) in [5.41, 5.74) is 0.876. The number of carboxylic acids is 1. The molecule has 2 rings (SSSR count). The van der Waals surface area contributed by atoms with E-state index in [1.54, 1.807) is 57.7 Å². The summed E-state index contributed by atoms with van der Waals surface area (Å²) in [5, 5.41) is 8.87. The van der Waals surface area contributed by atoms with Crippen molar-refractivity contribution < 1.29 is 19.4 Å². The first-order valence-electron chi connectivity index (χ1n) is 8.01. The van der Waals surface area contributed by atoms with Gasteiger partial charge in [0.05, 0.1) is 17.9 Å². The monoisotopic (exact) mass is 344 g/mol. The molecule has 0 aliphatic carbocycles. The largest absolute Gasteiger partial charge is 0.481 e. The van der Waals surface area contributed by atoms with E-state index in [9.17, 15) is 9.59 Å². The van der Waals surface area contributed by atoms with Crippen molar-refractivity contribution >= 4 is 11.9 Å². The van der Waals surface area contributed by atoms with E-state index >= 15 is 0 Å². The topological polar surface area (TPSA) is 89.4 Å². The second-order valence-corrected chi connectivity index (χ2v) is 5.92. The lowest BCUT2D eigenvalue weighted by Crippen LogP contribution is -2.28. The van der Waals surface area contributed by atoms with Crippen molar-refractivity contribution in [2.45, 2.75) is 39.0 Å². The van der Waals surface area contributed by atoms with Crippen LogP contribution in [0.1, 0.15) is 44.7 Å². The average molecular weight is 344 g/mol. The van der Waals surface area contributed by atoms with Gasteiger partial charge in [-0.15, -0.1) is 0 Å². The lowest BCUT2D eigenvalue weighted by atomic mass is 9.86. The first kappa shape index (κ1) is 20.3. The third kappa shape index (κ3) is 5.99. The van der Waals surface area contributed by atoms with Crippen molar-refractivity contribution in [3.8, 4) is 0 Å². The van der Waals surface area contributed by atoms with E-state index in [2.05, 4.69) is 9.97 Å². The van der Waals surface area contributed by atoms with Crippen molar-refractivity contribution in [2.24, 2.45) is 0 Å². The number of pyridine rings is 2. The molecule has 6 heteroatoms. The van der Waals surface area contributed by atoms with Crippen LogP contribution in [0, 0.1) is 0 Å². The van der Waals surface area contributed by atoms with E-state index < -0.39 is 11.4 Å². The van der Waals surface area contributed by atoms with Crippen molar-refractivity contribution in [2.75, 3.05) is 6.61 Å². The van der Waals surface area contributed by atoms with Gasteiger partial charge in [0, 0.05) is 24.8 Å². The molecule has 0 amide bonds. The second kappa shape index (κ2) is 9.52. The van der Waals surface area contributed by atoms with Gasteiger partial charge in [0.2, 0.25) is 0 Å². The predicted molar refractivity (Wildman–Crippen MR) is 94.2 cm³/mol. The third-order valence-electron chi connectivity index (χ3n) is 3.78. The molecule has 0 radical (unpaired) electrons. The minimum atomic E-state index is -0.830. The lowest BCUT2D eigenvalue weighted by Gasteiger charge is -2.18. The number of aromatic nitrogens is 2. The molecule has 0 saturated heterocycles. The van der Waals surface area contributed by atoms with E-state index in [0.717, 1.165) is 11.1 Å². The smallest absolute Gasteiger partial charge is 0.313 e. The summed E-state index contributed by atoms with van der Waals surface area (Å²) >= 11 is 0. The summed E-state index contributed by atoms with van der Waals surface area (Å²) in [4.78, 5) is 29.8. The average Bonchev–Trinajstić information content (AvgIpc) is 2.63. The van der Waals surface area contributed by atoms with Gasteiger partial charge in [0.25, 0.3) is 0 Å². The number of carboxylic acid groups (broad SMARTS) is 1. The Morgan fingerprint density at radius 1 is 1.08 bits per heavy atom. The second-order valence-electron chi connectivity index (χ2n) is 5.92. The Bertz CT molecular complexity index is 672. The summed E-state index contributed by atoms with van der Waals surface area (Å²) in [6.45, 7) is 7.40. The van der Waals surface area contributed by atoms with Gasteiger partial charge in [-0.05, 0) is 63.1 Å². The first-order valence-corrected chi connectivity index (χ1v) is 8.01. The van der Waals surface area contributed by atoms with Crippen molar-refractivity contribution in [3.63, 3.8) is 0 Å². The molecule has 0 aliphatic heterocycles. The highest BCUT2D eigenvalue weighted by Gasteiger charge is 2.28. The molecule has 1 atom stereocenters. The molecule has 25 heavy (non-hydrogen) atoms. The summed E-state index contributed by atoms with van der Waals surface area (Å²) in [7, 11) is 0. The highest BCUT2D eigenvalue weighted by atomic mass is 16.5. The van der Waals surface area contributed by atoms with Crippen LogP contribution < -0.4 is 0 Å². The zero-order valence-corrected chi connectivity index (χ0v) is 15.0. The van der Waals surface area contributed by atoms with Crippen LogP contribution >= 0.6 is 0 Å². The normalized spacial score (nSPS) is 11.7. The van der Waals surface area contributed by atoms with Crippen LogP contribution in [-0.4, -0.2) is 33.6 Å². The summed E-state index contributed by atoms with van der Waals surface area (Å²) in [6, 6.07) is 7.07. The van der Waals surface area contributed by atoms with Gasteiger partial charge in [-0.25, -0.2) is 0 Å². The number of rotatable bonds is 5. The van der Waals surface area contributed by atoms with E-state index in [1.807, 2.05) is 19.1 Å². The number of carbonyl (C=O) groups excluding carboxylic acids is 1. The minimum absolute atomic E-state index is 0.186. The molecule has 0 saturated carbocycles. The van der Waals surface area contributed by atoms with Crippen molar-refractivity contribution in [1.29, 1.82) is 0 Å². The first-order chi connectivity index (χ1) is 11.8. The van der Waals surface area contributed by atoms with Crippen molar-refractivity contribution in [3.05, 3.63) is 60.2 Å². The molecule has 2 heterocycles.